The number of hydrogen-bond donors (Lipinski definition) is 1. The molecule has 0 aliphatic heterocycles. The van der Waals surface area contributed by atoms with E-state index >= 15 is 0 Å². The van der Waals surface area contributed by atoms with Crippen molar-refractivity contribution in [1.82, 2.24) is 19.9 Å². The summed E-state index contributed by atoms with van der Waals surface area (Å²) in [5, 5.41) is 17.0. The molecular formula is C12H16N4O3. The predicted octanol–water partition coefficient (Wildman–Crippen LogP) is 1.12. The van der Waals surface area contributed by atoms with Gasteiger partial charge in [-0.15, -0.1) is 0 Å². The molecule has 0 aliphatic rings. The van der Waals surface area contributed by atoms with Crippen LogP contribution in [-0.4, -0.2) is 31.0 Å². The van der Waals surface area contributed by atoms with E-state index in [0.717, 1.165) is 17.0 Å². The summed E-state index contributed by atoms with van der Waals surface area (Å²) in [6.07, 6.45) is 0.687. The Morgan fingerprint density at radius 3 is 2.74 bits per heavy atom. The Kier molecular flexibility index (Phi) is 3.64. The maximum absolute atomic E-state index is 10.8. The van der Waals surface area contributed by atoms with Crippen molar-refractivity contribution in [2.75, 3.05) is 0 Å². The number of nitrogens with zero attached hydrogens (tertiary/aromatic N) is 4. The van der Waals surface area contributed by atoms with Gasteiger partial charge in [-0.2, -0.15) is 10.1 Å². The Balaban J connectivity index is 2.23. The van der Waals surface area contributed by atoms with Gasteiger partial charge in [0, 0.05) is 17.7 Å². The maximum atomic E-state index is 10.8. The van der Waals surface area contributed by atoms with Crippen molar-refractivity contribution in [2.45, 2.75) is 40.2 Å². The van der Waals surface area contributed by atoms with Crippen LogP contribution < -0.4 is 0 Å². The van der Waals surface area contributed by atoms with E-state index in [1.54, 1.807) is 11.6 Å². The third-order valence-corrected chi connectivity index (χ3v) is 2.97. The maximum Gasteiger partial charge on any atom is 0.307 e. The van der Waals surface area contributed by atoms with Gasteiger partial charge in [0.25, 0.3) is 0 Å². The summed E-state index contributed by atoms with van der Waals surface area (Å²) >= 11 is 0. The summed E-state index contributed by atoms with van der Waals surface area (Å²) in [6, 6.07) is 0. The molecule has 0 bridgehead atoms. The SMILES string of the molecule is CCc1noc(Cn2nc(C)c(CC(=O)O)c2C)n1. The van der Waals surface area contributed by atoms with Gasteiger partial charge in [0.15, 0.2) is 5.82 Å². The van der Waals surface area contributed by atoms with E-state index in [4.69, 9.17) is 9.63 Å². The zero-order chi connectivity index (χ0) is 14.0. The van der Waals surface area contributed by atoms with Crippen molar-refractivity contribution in [1.29, 1.82) is 0 Å². The third-order valence-electron chi connectivity index (χ3n) is 2.97. The largest absolute Gasteiger partial charge is 0.481 e. The Morgan fingerprint density at radius 1 is 1.42 bits per heavy atom. The lowest BCUT2D eigenvalue weighted by atomic mass is 10.1. The first-order valence-corrected chi connectivity index (χ1v) is 6.07. The number of aryl methyl sites for hydroxylation is 2. The highest BCUT2D eigenvalue weighted by atomic mass is 16.5. The number of carboxylic acids is 1. The second-order valence-corrected chi connectivity index (χ2v) is 4.34. The second kappa shape index (κ2) is 5.21. The van der Waals surface area contributed by atoms with E-state index in [9.17, 15) is 4.79 Å². The van der Waals surface area contributed by atoms with Gasteiger partial charge in [-0.25, -0.2) is 0 Å². The number of carbonyl (C=O) groups is 1. The van der Waals surface area contributed by atoms with Gasteiger partial charge in [0.05, 0.1) is 12.1 Å². The molecule has 0 fully saturated rings. The molecular weight excluding hydrogens is 248 g/mol. The summed E-state index contributed by atoms with van der Waals surface area (Å²) in [7, 11) is 0. The number of aromatic nitrogens is 4. The first-order chi connectivity index (χ1) is 9.01. The number of carboxylic acid groups (broad SMARTS) is 1. The Morgan fingerprint density at radius 2 is 2.16 bits per heavy atom. The van der Waals surface area contributed by atoms with Gasteiger partial charge < -0.3 is 9.63 Å². The Hall–Kier alpha value is -2.18. The van der Waals surface area contributed by atoms with E-state index in [-0.39, 0.29) is 6.42 Å². The smallest absolute Gasteiger partial charge is 0.307 e. The van der Waals surface area contributed by atoms with Gasteiger partial charge in [0.2, 0.25) is 5.89 Å². The minimum atomic E-state index is -0.864. The van der Waals surface area contributed by atoms with Crippen LogP contribution in [-0.2, 0) is 24.2 Å². The molecule has 2 heterocycles. The van der Waals surface area contributed by atoms with Crippen molar-refractivity contribution < 1.29 is 14.4 Å². The first kappa shape index (κ1) is 13.3. The molecule has 0 saturated heterocycles. The molecule has 2 aromatic rings. The van der Waals surface area contributed by atoms with E-state index in [0.29, 0.717) is 24.7 Å². The molecule has 0 amide bonds. The highest BCUT2D eigenvalue weighted by Crippen LogP contribution is 2.15. The van der Waals surface area contributed by atoms with Crippen LogP contribution in [0.2, 0.25) is 0 Å². The Labute approximate surface area is 110 Å². The molecule has 7 heteroatoms. The minimum Gasteiger partial charge on any atom is -0.481 e. The molecule has 0 spiro atoms. The lowest BCUT2D eigenvalue weighted by Gasteiger charge is -2.01. The normalized spacial score (nSPS) is 10.9. The summed E-state index contributed by atoms with van der Waals surface area (Å²) < 4.78 is 6.80. The fourth-order valence-corrected chi connectivity index (χ4v) is 1.92. The molecule has 0 saturated carbocycles. The van der Waals surface area contributed by atoms with E-state index in [2.05, 4.69) is 15.2 Å². The third kappa shape index (κ3) is 2.81. The van der Waals surface area contributed by atoms with E-state index in [1.165, 1.54) is 0 Å². The zero-order valence-electron chi connectivity index (χ0n) is 11.2. The van der Waals surface area contributed by atoms with Crippen LogP contribution >= 0.6 is 0 Å². The molecule has 102 valence electrons. The average molecular weight is 264 g/mol. The topological polar surface area (TPSA) is 94.0 Å². The van der Waals surface area contributed by atoms with Crippen LogP contribution in [0.15, 0.2) is 4.52 Å². The van der Waals surface area contributed by atoms with Crippen LogP contribution in [0.5, 0.6) is 0 Å². The molecule has 1 N–H and O–H groups in total. The predicted molar refractivity (Wildman–Crippen MR) is 65.8 cm³/mol. The van der Waals surface area contributed by atoms with Crippen molar-refractivity contribution >= 4 is 5.97 Å². The molecule has 0 radical (unpaired) electrons. The molecule has 2 aromatic heterocycles. The summed E-state index contributed by atoms with van der Waals surface area (Å²) in [4.78, 5) is 15.0. The zero-order valence-corrected chi connectivity index (χ0v) is 11.2. The average Bonchev–Trinajstić information content (AvgIpc) is 2.90. The number of rotatable bonds is 5. The number of aliphatic carboxylic acids is 1. The number of hydrogen-bond acceptors (Lipinski definition) is 5. The second-order valence-electron chi connectivity index (χ2n) is 4.34. The van der Waals surface area contributed by atoms with Crippen LogP contribution in [0.25, 0.3) is 0 Å². The molecule has 19 heavy (non-hydrogen) atoms. The van der Waals surface area contributed by atoms with E-state index in [1.807, 2.05) is 13.8 Å². The van der Waals surface area contributed by atoms with Crippen LogP contribution in [0.4, 0.5) is 0 Å². The van der Waals surface area contributed by atoms with Crippen LogP contribution in [0.3, 0.4) is 0 Å². The van der Waals surface area contributed by atoms with Crippen LogP contribution in [0.1, 0.15) is 35.6 Å². The standard InChI is InChI=1S/C12H16N4O3/c1-4-10-13-11(19-15-10)6-16-8(3)9(5-12(17)18)7(2)14-16/h4-6H2,1-3H3,(H,17,18). The molecule has 0 aromatic carbocycles. The summed E-state index contributed by atoms with van der Waals surface area (Å²) in [5.41, 5.74) is 2.27. The van der Waals surface area contributed by atoms with Gasteiger partial charge in [-0.05, 0) is 13.8 Å². The molecule has 0 unspecified atom stereocenters. The monoisotopic (exact) mass is 264 g/mol. The Bertz CT molecular complexity index is 600. The van der Waals surface area contributed by atoms with Crippen molar-refractivity contribution in [3.63, 3.8) is 0 Å². The molecule has 2 rings (SSSR count). The first-order valence-electron chi connectivity index (χ1n) is 6.07. The molecule has 0 aliphatic carbocycles. The minimum absolute atomic E-state index is 0.0261. The van der Waals surface area contributed by atoms with Gasteiger partial charge in [-0.3, -0.25) is 9.48 Å². The van der Waals surface area contributed by atoms with E-state index < -0.39 is 5.97 Å². The molecule has 0 atom stereocenters. The fourth-order valence-electron chi connectivity index (χ4n) is 1.92. The lowest BCUT2D eigenvalue weighted by molar-refractivity contribution is -0.136. The highest BCUT2D eigenvalue weighted by molar-refractivity contribution is 5.70. The van der Waals surface area contributed by atoms with Crippen molar-refractivity contribution in [2.24, 2.45) is 0 Å². The molecule has 7 nitrogen and oxygen atoms in total. The van der Waals surface area contributed by atoms with Gasteiger partial charge in [-0.1, -0.05) is 12.1 Å². The fraction of sp³-hybridized carbons (Fsp3) is 0.500. The quantitative estimate of drug-likeness (QED) is 0.869. The summed E-state index contributed by atoms with van der Waals surface area (Å²) in [5.74, 6) is 0.267. The lowest BCUT2D eigenvalue weighted by Crippen LogP contribution is -2.06. The van der Waals surface area contributed by atoms with Crippen molar-refractivity contribution in [3.8, 4) is 0 Å². The van der Waals surface area contributed by atoms with Gasteiger partial charge in [0.1, 0.15) is 6.54 Å². The highest BCUT2D eigenvalue weighted by Gasteiger charge is 2.16. The summed E-state index contributed by atoms with van der Waals surface area (Å²) in [6.45, 7) is 5.95. The van der Waals surface area contributed by atoms with Crippen molar-refractivity contribution in [3.05, 3.63) is 28.7 Å². The van der Waals surface area contributed by atoms with Gasteiger partial charge >= 0.3 is 5.97 Å². The van der Waals surface area contributed by atoms with Crippen LogP contribution in [0, 0.1) is 13.8 Å².